The maximum atomic E-state index is 11.0. The zero-order valence-corrected chi connectivity index (χ0v) is 12.0. The second-order valence-electron chi connectivity index (χ2n) is 5.13. The molecule has 2 heterocycles. The molecule has 21 heavy (non-hydrogen) atoms. The van der Waals surface area contributed by atoms with E-state index in [1.807, 2.05) is 29.2 Å². The van der Waals surface area contributed by atoms with E-state index in [0.717, 1.165) is 49.2 Å². The Morgan fingerprint density at radius 3 is 2.90 bits per heavy atom. The van der Waals surface area contributed by atoms with Crippen molar-refractivity contribution in [2.45, 2.75) is 18.9 Å². The average molecular weight is 286 g/mol. The van der Waals surface area contributed by atoms with Gasteiger partial charge in [0.25, 0.3) is 0 Å². The lowest BCUT2D eigenvalue weighted by molar-refractivity contribution is 0.0662. The average Bonchev–Trinajstić information content (AvgIpc) is 3.05. The summed E-state index contributed by atoms with van der Waals surface area (Å²) in [7, 11) is 1.63. The highest BCUT2D eigenvalue weighted by atomic mass is 16.5. The van der Waals surface area contributed by atoms with Crippen LogP contribution in [0.15, 0.2) is 30.6 Å². The van der Waals surface area contributed by atoms with Crippen molar-refractivity contribution in [3.05, 3.63) is 36.2 Å². The summed E-state index contributed by atoms with van der Waals surface area (Å²) in [6.45, 7) is 1.56. The van der Waals surface area contributed by atoms with Crippen LogP contribution in [0.3, 0.4) is 0 Å². The molecule has 0 saturated carbocycles. The lowest BCUT2D eigenvalue weighted by Gasteiger charge is -2.22. The van der Waals surface area contributed by atoms with Crippen molar-refractivity contribution in [2.75, 3.05) is 20.3 Å². The van der Waals surface area contributed by atoms with Crippen molar-refractivity contribution in [2.24, 2.45) is 0 Å². The standard InChI is InChI=1S/C16H18N2O3/c1-20-16-3-2-12(11-19)8-15(16)13-9-17-18(10-13)14-4-6-21-7-5-14/h2-3,8-11,14H,4-7H2,1H3. The summed E-state index contributed by atoms with van der Waals surface area (Å²) >= 11 is 0. The first-order valence-electron chi connectivity index (χ1n) is 7.07. The fourth-order valence-electron chi connectivity index (χ4n) is 2.65. The van der Waals surface area contributed by atoms with Gasteiger partial charge in [-0.15, -0.1) is 0 Å². The van der Waals surface area contributed by atoms with Gasteiger partial charge in [0.1, 0.15) is 12.0 Å². The zero-order chi connectivity index (χ0) is 14.7. The second-order valence-corrected chi connectivity index (χ2v) is 5.13. The molecule has 0 atom stereocenters. The molecular weight excluding hydrogens is 268 g/mol. The number of hydrogen-bond acceptors (Lipinski definition) is 4. The van der Waals surface area contributed by atoms with Gasteiger partial charge in [0.05, 0.1) is 19.3 Å². The van der Waals surface area contributed by atoms with Crippen LogP contribution < -0.4 is 4.74 Å². The fraction of sp³-hybridized carbons (Fsp3) is 0.375. The molecule has 110 valence electrons. The first kappa shape index (κ1) is 13.8. The van der Waals surface area contributed by atoms with Gasteiger partial charge in [0, 0.05) is 36.1 Å². The van der Waals surface area contributed by atoms with Crippen LogP contribution in [0, 0.1) is 0 Å². The van der Waals surface area contributed by atoms with Gasteiger partial charge < -0.3 is 9.47 Å². The van der Waals surface area contributed by atoms with E-state index in [2.05, 4.69) is 5.10 Å². The van der Waals surface area contributed by atoms with E-state index in [4.69, 9.17) is 9.47 Å². The van der Waals surface area contributed by atoms with Crippen LogP contribution in [0.4, 0.5) is 0 Å². The number of methoxy groups -OCH3 is 1. The molecule has 1 aliphatic rings. The van der Waals surface area contributed by atoms with E-state index in [1.54, 1.807) is 13.2 Å². The molecule has 2 aromatic rings. The van der Waals surface area contributed by atoms with E-state index in [-0.39, 0.29) is 0 Å². The molecule has 3 rings (SSSR count). The highest BCUT2D eigenvalue weighted by Gasteiger charge is 2.17. The van der Waals surface area contributed by atoms with Crippen molar-refractivity contribution in [3.63, 3.8) is 0 Å². The summed E-state index contributed by atoms with van der Waals surface area (Å²) in [5.74, 6) is 0.743. The monoisotopic (exact) mass is 286 g/mol. The smallest absolute Gasteiger partial charge is 0.150 e. The van der Waals surface area contributed by atoms with E-state index in [0.29, 0.717) is 11.6 Å². The number of aldehydes is 1. The minimum absolute atomic E-state index is 0.382. The first-order valence-corrected chi connectivity index (χ1v) is 7.07. The third kappa shape index (κ3) is 2.83. The van der Waals surface area contributed by atoms with Crippen molar-refractivity contribution in [1.82, 2.24) is 9.78 Å². The molecule has 1 aromatic heterocycles. The maximum Gasteiger partial charge on any atom is 0.150 e. The second kappa shape index (κ2) is 6.10. The van der Waals surface area contributed by atoms with Gasteiger partial charge in [-0.3, -0.25) is 9.48 Å². The summed E-state index contributed by atoms with van der Waals surface area (Å²) in [6, 6.07) is 5.77. The van der Waals surface area contributed by atoms with Crippen LogP contribution in [-0.4, -0.2) is 36.4 Å². The van der Waals surface area contributed by atoms with Crippen LogP contribution in [0.1, 0.15) is 29.2 Å². The summed E-state index contributed by atoms with van der Waals surface area (Å²) in [4.78, 5) is 11.0. The number of rotatable bonds is 4. The predicted octanol–water partition coefficient (Wildman–Crippen LogP) is 2.72. The maximum absolute atomic E-state index is 11.0. The normalized spacial score (nSPS) is 15.9. The van der Waals surface area contributed by atoms with Crippen LogP contribution in [0.2, 0.25) is 0 Å². The molecular formula is C16H18N2O3. The van der Waals surface area contributed by atoms with Gasteiger partial charge in [-0.25, -0.2) is 0 Å². The van der Waals surface area contributed by atoms with E-state index in [9.17, 15) is 4.79 Å². The largest absolute Gasteiger partial charge is 0.496 e. The van der Waals surface area contributed by atoms with Crippen LogP contribution in [0.25, 0.3) is 11.1 Å². The summed E-state index contributed by atoms with van der Waals surface area (Å²) in [6.07, 6.45) is 6.63. The van der Waals surface area contributed by atoms with Gasteiger partial charge >= 0.3 is 0 Å². The highest BCUT2D eigenvalue weighted by Crippen LogP contribution is 2.31. The number of hydrogen-bond donors (Lipinski definition) is 0. The minimum atomic E-state index is 0.382. The summed E-state index contributed by atoms with van der Waals surface area (Å²) in [5, 5.41) is 4.46. The molecule has 1 aliphatic heterocycles. The Labute approximate surface area is 123 Å². The molecule has 1 aromatic carbocycles. The topological polar surface area (TPSA) is 53.3 Å². The predicted molar refractivity (Wildman–Crippen MR) is 78.7 cm³/mol. The van der Waals surface area contributed by atoms with Crippen LogP contribution >= 0.6 is 0 Å². The number of nitrogens with zero attached hydrogens (tertiary/aromatic N) is 2. The molecule has 5 heteroatoms. The molecule has 0 aliphatic carbocycles. The number of ether oxygens (including phenoxy) is 2. The van der Waals surface area contributed by atoms with Crippen molar-refractivity contribution < 1.29 is 14.3 Å². The van der Waals surface area contributed by atoms with E-state index < -0.39 is 0 Å². The molecule has 1 saturated heterocycles. The van der Waals surface area contributed by atoms with Gasteiger partial charge in [-0.05, 0) is 31.0 Å². The lowest BCUT2D eigenvalue weighted by atomic mass is 10.1. The zero-order valence-electron chi connectivity index (χ0n) is 12.0. The molecule has 0 unspecified atom stereocenters. The summed E-state index contributed by atoms with van der Waals surface area (Å²) < 4.78 is 12.8. The molecule has 0 spiro atoms. The Balaban J connectivity index is 1.93. The highest BCUT2D eigenvalue weighted by molar-refractivity contribution is 5.81. The van der Waals surface area contributed by atoms with Crippen LogP contribution in [-0.2, 0) is 4.74 Å². The molecule has 5 nitrogen and oxygen atoms in total. The number of benzene rings is 1. The Morgan fingerprint density at radius 2 is 2.19 bits per heavy atom. The van der Waals surface area contributed by atoms with Crippen molar-refractivity contribution in [3.8, 4) is 16.9 Å². The molecule has 0 amide bonds. The number of carbonyl (C=O) groups excluding carboxylic acids is 1. The molecule has 1 fully saturated rings. The third-order valence-corrected chi connectivity index (χ3v) is 3.84. The van der Waals surface area contributed by atoms with Gasteiger partial charge in [0.2, 0.25) is 0 Å². The third-order valence-electron chi connectivity index (χ3n) is 3.84. The van der Waals surface area contributed by atoms with Crippen molar-refractivity contribution >= 4 is 6.29 Å². The van der Waals surface area contributed by atoms with Gasteiger partial charge in [-0.2, -0.15) is 5.10 Å². The number of carbonyl (C=O) groups is 1. The van der Waals surface area contributed by atoms with E-state index in [1.165, 1.54) is 0 Å². The minimum Gasteiger partial charge on any atom is -0.496 e. The Morgan fingerprint density at radius 1 is 1.38 bits per heavy atom. The van der Waals surface area contributed by atoms with Crippen molar-refractivity contribution in [1.29, 1.82) is 0 Å². The van der Waals surface area contributed by atoms with Crippen LogP contribution in [0.5, 0.6) is 5.75 Å². The molecule has 0 radical (unpaired) electrons. The quantitative estimate of drug-likeness (QED) is 0.811. The Kier molecular flexibility index (Phi) is 4.01. The van der Waals surface area contributed by atoms with E-state index >= 15 is 0 Å². The molecule has 0 bridgehead atoms. The number of aromatic nitrogens is 2. The molecule has 0 N–H and O–H groups in total. The van der Waals surface area contributed by atoms with Gasteiger partial charge in [-0.1, -0.05) is 0 Å². The lowest BCUT2D eigenvalue weighted by Crippen LogP contribution is -2.19. The SMILES string of the molecule is COc1ccc(C=O)cc1-c1cnn(C2CCOCC2)c1. The summed E-state index contributed by atoms with van der Waals surface area (Å²) in [5.41, 5.74) is 2.48. The fourth-order valence-corrected chi connectivity index (χ4v) is 2.65. The Bertz CT molecular complexity index is 630. The Hall–Kier alpha value is -2.14. The van der Waals surface area contributed by atoms with Gasteiger partial charge in [0.15, 0.2) is 0 Å². The first-order chi connectivity index (χ1) is 10.3.